The Morgan fingerprint density at radius 3 is 2.33 bits per heavy atom. The van der Waals surface area contributed by atoms with E-state index < -0.39 is 0 Å². The van der Waals surface area contributed by atoms with Gasteiger partial charge in [0, 0.05) is 18.9 Å². The number of nitrogens with one attached hydrogen (secondary N) is 1. The van der Waals surface area contributed by atoms with Gasteiger partial charge in [0.05, 0.1) is 0 Å². The van der Waals surface area contributed by atoms with Gasteiger partial charge in [-0.1, -0.05) is 13.8 Å². The van der Waals surface area contributed by atoms with Crippen LogP contribution in [0.4, 0.5) is 0 Å². The first-order valence-electron chi connectivity index (χ1n) is 3.06. The number of aliphatic imine (C=N–C) groups is 1. The van der Waals surface area contributed by atoms with Gasteiger partial charge in [0.25, 0.3) is 0 Å². The van der Waals surface area contributed by atoms with Crippen LogP contribution in [0.2, 0.25) is 0 Å². The number of hydrogen-bond donors (Lipinski definition) is 1. The largest absolute Gasteiger partial charge is 0.390 e. The molecule has 2 heteroatoms. The van der Waals surface area contributed by atoms with Crippen molar-refractivity contribution in [2.45, 2.75) is 13.8 Å². The number of nitrogens with zero attached hydrogens (tertiary/aromatic N) is 1. The van der Waals surface area contributed by atoms with Crippen LogP contribution in [-0.4, -0.2) is 13.8 Å². The van der Waals surface area contributed by atoms with Crippen molar-refractivity contribution in [3.63, 3.8) is 0 Å². The van der Waals surface area contributed by atoms with Crippen LogP contribution in [0.25, 0.3) is 0 Å². The first-order chi connectivity index (χ1) is 4.22. The second kappa shape index (κ2) is 4.13. The Hall–Kier alpha value is -0.790. The zero-order chi connectivity index (χ0) is 7.28. The summed E-state index contributed by atoms with van der Waals surface area (Å²) in [6.45, 7) is 7.57. The van der Waals surface area contributed by atoms with Crippen molar-refractivity contribution in [1.82, 2.24) is 5.32 Å². The van der Waals surface area contributed by atoms with E-state index in [9.17, 15) is 0 Å². The molecule has 0 saturated heterocycles. The summed E-state index contributed by atoms with van der Waals surface area (Å²) in [5.41, 5.74) is 1.12. The minimum absolute atomic E-state index is 0.500. The lowest BCUT2D eigenvalue weighted by Gasteiger charge is -2.07. The third-order valence-electron chi connectivity index (χ3n) is 1.14. The van der Waals surface area contributed by atoms with Crippen molar-refractivity contribution in [1.29, 1.82) is 0 Å². The van der Waals surface area contributed by atoms with Gasteiger partial charge in [-0.3, -0.25) is 4.99 Å². The predicted octanol–water partition coefficient (Wildman–Crippen LogP) is 1.40. The predicted molar refractivity (Wildman–Crippen MR) is 41.5 cm³/mol. The molecule has 9 heavy (non-hydrogen) atoms. The maximum atomic E-state index is 3.65. The Bertz CT molecular complexity index is 114. The fourth-order valence-electron chi connectivity index (χ4n) is 0.601. The summed E-state index contributed by atoms with van der Waals surface area (Å²) in [5.74, 6) is 0.500. The van der Waals surface area contributed by atoms with Crippen molar-refractivity contribution in [2.75, 3.05) is 7.05 Å². The molecule has 0 heterocycles. The molecule has 0 aromatic heterocycles. The Morgan fingerprint density at radius 2 is 2.22 bits per heavy atom. The summed E-state index contributed by atoms with van der Waals surface area (Å²) in [6, 6.07) is 0. The summed E-state index contributed by atoms with van der Waals surface area (Å²) < 4.78 is 0. The van der Waals surface area contributed by atoms with Crippen LogP contribution in [0, 0.1) is 5.92 Å². The van der Waals surface area contributed by atoms with Crippen LogP contribution in [-0.2, 0) is 0 Å². The van der Waals surface area contributed by atoms with E-state index in [2.05, 4.69) is 30.9 Å². The summed E-state index contributed by atoms with van der Waals surface area (Å²) in [6.07, 6.45) is 1.74. The van der Waals surface area contributed by atoms with Crippen molar-refractivity contribution in [3.05, 3.63) is 11.9 Å². The maximum Gasteiger partial charge on any atom is 0.0452 e. The van der Waals surface area contributed by atoms with Crippen molar-refractivity contribution in [3.8, 4) is 0 Å². The quantitative estimate of drug-likeness (QED) is 0.568. The second-order valence-corrected chi connectivity index (χ2v) is 2.17. The second-order valence-electron chi connectivity index (χ2n) is 2.17. The molecule has 0 fully saturated rings. The SMILES string of the molecule is C=N/C=C(\NC)C(C)C. The third kappa shape index (κ3) is 2.90. The molecule has 52 valence electrons. The fourth-order valence-corrected chi connectivity index (χ4v) is 0.601. The highest BCUT2D eigenvalue weighted by Crippen LogP contribution is 2.03. The molecule has 2 nitrogen and oxygen atoms in total. The molecule has 0 aliphatic heterocycles. The van der Waals surface area contributed by atoms with Crippen LogP contribution >= 0.6 is 0 Å². The Labute approximate surface area is 56.7 Å². The lowest BCUT2D eigenvalue weighted by Crippen LogP contribution is -2.10. The first-order valence-corrected chi connectivity index (χ1v) is 3.06. The van der Waals surface area contributed by atoms with E-state index >= 15 is 0 Å². The average Bonchev–Trinajstić information content (AvgIpc) is 1.82. The Balaban J connectivity index is 3.96. The highest BCUT2D eigenvalue weighted by Gasteiger charge is 1.96. The molecule has 0 aromatic carbocycles. The summed E-state index contributed by atoms with van der Waals surface area (Å²) in [7, 11) is 1.89. The Kier molecular flexibility index (Phi) is 3.76. The average molecular weight is 126 g/mol. The van der Waals surface area contributed by atoms with Crippen molar-refractivity contribution < 1.29 is 0 Å². The van der Waals surface area contributed by atoms with Gasteiger partial charge in [-0.05, 0) is 12.6 Å². The van der Waals surface area contributed by atoms with Gasteiger partial charge in [0.2, 0.25) is 0 Å². The molecule has 0 bridgehead atoms. The molecule has 0 atom stereocenters. The van der Waals surface area contributed by atoms with Crippen LogP contribution in [0.5, 0.6) is 0 Å². The fraction of sp³-hybridized carbons (Fsp3) is 0.571. The normalized spacial score (nSPS) is 11.8. The van der Waals surface area contributed by atoms with E-state index in [1.165, 1.54) is 0 Å². The standard InChI is InChI=1S/C7H14N2/c1-6(2)7(9-4)5-8-3/h5-6,9H,3H2,1-2,4H3/b7-5-. The lowest BCUT2D eigenvalue weighted by atomic mass is 10.1. The van der Waals surface area contributed by atoms with Crippen molar-refractivity contribution in [2.24, 2.45) is 10.9 Å². The monoisotopic (exact) mass is 126 g/mol. The zero-order valence-electron chi connectivity index (χ0n) is 6.31. The minimum Gasteiger partial charge on any atom is -0.390 e. The van der Waals surface area contributed by atoms with Gasteiger partial charge in [-0.15, -0.1) is 0 Å². The number of rotatable bonds is 3. The van der Waals surface area contributed by atoms with Gasteiger partial charge >= 0.3 is 0 Å². The molecule has 1 N–H and O–H groups in total. The van der Waals surface area contributed by atoms with Gasteiger partial charge in [0.1, 0.15) is 0 Å². The molecule has 0 radical (unpaired) electrons. The number of allylic oxidation sites excluding steroid dienone is 1. The van der Waals surface area contributed by atoms with Crippen LogP contribution < -0.4 is 5.32 Å². The summed E-state index contributed by atoms with van der Waals surface area (Å²) in [4.78, 5) is 3.65. The van der Waals surface area contributed by atoms with Crippen LogP contribution in [0.15, 0.2) is 16.9 Å². The van der Waals surface area contributed by atoms with Gasteiger partial charge in [-0.2, -0.15) is 0 Å². The molecule has 0 aliphatic rings. The number of hydrogen-bond acceptors (Lipinski definition) is 2. The van der Waals surface area contributed by atoms with E-state index in [1.54, 1.807) is 6.20 Å². The van der Waals surface area contributed by atoms with E-state index in [-0.39, 0.29) is 0 Å². The molecule has 0 saturated carbocycles. The topological polar surface area (TPSA) is 24.4 Å². The van der Waals surface area contributed by atoms with Gasteiger partial charge in [-0.25, -0.2) is 0 Å². The van der Waals surface area contributed by atoms with E-state index in [1.807, 2.05) is 7.05 Å². The molecule has 0 rings (SSSR count). The van der Waals surface area contributed by atoms with E-state index in [0.717, 1.165) is 5.70 Å². The van der Waals surface area contributed by atoms with Crippen LogP contribution in [0.3, 0.4) is 0 Å². The smallest absolute Gasteiger partial charge is 0.0452 e. The highest BCUT2D eigenvalue weighted by molar-refractivity contribution is 5.26. The molecule has 0 aliphatic carbocycles. The molecular formula is C7H14N2. The van der Waals surface area contributed by atoms with Crippen molar-refractivity contribution >= 4 is 6.72 Å². The minimum atomic E-state index is 0.500. The lowest BCUT2D eigenvalue weighted by molar-refractivity contribution is 0.696. The first kappa shape index (κ1) is 8.21. The highest BCUT2D eigenvalue weighted by atomic mass is 14.9. The molecule has 0 spiro atoms. The van der Waals surface area contributed by atoms with Gasteiger partial charge in [0.15, 0.2) is 0 Å². The van der Waals surface area contributed by atoms with Crippen LogP contribution in [0.1, 0.15) is 13.8 Å². The van der Waals surface area contributed by atoms with E-state index in [4.69, 9.17) is 0 Å². The zero-order valence-corrected chi connectivity index (χ0v) is 6.31. The van der Waals surface area contributed by atoms with E-state index in [0.29, 0.717) is 5.92 Å². The molecule has 0 amide bonds. The summed E-state index contributed by atoms with van der Waals surface area (Å²) in [5, 5.41) is 3.03. The molecule has 0 aromatic rings. The Morgan fingerprint density at radius 1 is 1.67 bits per heavy atom. The molecule has 0 unspecified atom stereocenters. The third-order valence-corrected chi connectivity index (χ3v) is 1.14. The maximum absolute atomic E-state index is 3.65. The summed E-state index contributed by atoms with van der Waals surface area (Å²) >= 11 is 0. The van der Waals surface area contributed by atoms with Gasteiger partial charge < -0.3 is 5.32 Å². The molecular weight excluding hydrogens is 112 g/mol.